The topological polar surface area (TPSA) is 58.7 Å². The average molecular weight is 222 g/mol. The van der Waals surface area contributed by atoms with Gasteiger partial charge in [0.05, 0.1) is 37.2 Å². The van der Waals surface area contributed by atoms with Crippen molar-refractivity contribution in [1.82, 2.24) is 0 Å². The average Bonchev–Trinajstić information content (AvgIpc) is 2.33. The molecule has 1 unspecified atom stereocenters. The van der Waals surface area contributed by atoms with E-state index in [0.717, 1.165) is 23.5 Å². The van der Waals surface area contributed by atoms with Gasteiger partial charge in [-0.1, -0.05) is 12.1 Å². The summed E-state index contributed by atoms with van der Waals surface area (Å²) in [5.74, 6) is 0. The van der Waals surface area contributed by atoms with Gasteiger partial charge in [-0.3, -0.25) is 0 Å². The van der Waals surface area contributed by atoms with Gasteiger partial charge in [0, 0.05) is 6.54 Å². The molecule has 0 saturated carbocycles. The van der Waals surface area contributed by atoms with E-state index in [4.69, 9.17) is 10.5 Å². The number of para-hydroxylation sites is 1. The van der Waals surface area contributed by atoms with Gasteiger partial charge in [0.1, 0.15) is 0 Å². The fourth-order valence-electron chi connectivity index (χ4n) is 2.04. The van der Waals surface area contributed by atoms with Crippen molar-refractivity contribution in [2.75, 3.05) is 37.0 Å². The molecule has 3 N–H and O–H groups in total. The second kappa shape index (κ2) is 4.72. The van der Waals surface area contributed by atoms with Gasteiger partial charge in [-0.2, -0.15) is 0 Å². The van der Waals surface area contributed by atoms with E-state index in [0.29, 0.717) is 13.2 Å². The minimum atomic E-state index is 0.0119. The van der Waals surface area contributed by atoms with Crippen LogP contribution in [0.25, 0.3) is 0 Å². The summed E-state index contributed by atoms with van der Waals surface area (Å²) in [6.07, 6.45) is 0. The number of benzene rings is 1. The summed E-state index contributed by atoms with van der Waals surface area (Å²) in [6.45, 7) is 4.10. The molecule has 1 saturated heterocycles. The fourth-order valence-corrected chi connectivity index (χ4v) is 2.04. The third kappa shape index (κ3) is 1.99. The molecule has 1 atom stereocenters. The van der Waals surface area contributed by atoms with Gasteiger partial charge >= 0.3 is 0 Å². The maximum absolute atomic E-state index is 9.32. The van der Waals surface area contributed by atoms with Crippen LogP contribution >= 0.6 is 0 Å². The van der Waals surface area contributed by atoms with Gasteiger partial charge in [-0.25, -0.2) is 0 Å². The van der Waals surface area contributed by atoms with E-state index in [1.54, 1.807) is 0 Å². The maximum atomic E-state index is 9.32. The zero-order chi connectivity index (χ0) is 11.5. The standard InChI is InChI=1S/C12H18N2O2/c1-9-3-2-4-11(12(9)13)14-5-6-16-8-10(14)7-15/h2-4,10,15H,5-8,13H2,1H3. The van der Waals surface area contributed by atoms with E-state index in [-0.39, 0.29) is 12.6 Å². The highest BCUT2D eigenvalue weighted by Gasteiger charge is 2.24. The molecular weight excluding hydrogens is 204 g/mol. The zero-order valence-electron chi connectivity index (χ0n) is 9.52. The van der Waals surface area contributed by atoms with Crippen LogP contribution in [-0.2, 0) is 4.74 Å². The number of aliphatic hydroxyl groups is 1. The fraction of sp³-hybridized carbons (Fsp3) is 0.500. The molecule has 88 valence electrons. The largest absolute Gasteiger partial charge is 0.397 e. The Bertz CT molecular complexity index is 368. The maximum Gasteiger partial charge on any atom is 0.0756 e. The third-order valence-corrected chi connectivity index (χ3v) is 3.05. The summed E-state index contributed by atoms with van der Waals surface area (Å²) in [6, 6.07) is 5.99. The lowest BCUT2D eigenvalue weighted by Crippen LogP contribution is -2.48. The van der Waals surface area contributed by atoms with Crippen LogP contribution in [0.5, 0.6) is 0 Å². The number of anilines is 2. The number of morpholine rings is 1. The van der Waals surface area contributed by atoms with Crippen molar-refractivity contribution in [3.8, 4) is 0 Å². The second-order valence-corrected chi connectivity index (χ2v) is 4.11. The lowest BCUT2D eigenvalue weighted by Gasteiger charge is -2.37. The Hall–Kier alpha value is -1.26. The van der Waals surface area contributed by atoms with E-state index in [9.17, 15) is 5.11 Å². The monoisotopic (exact) mass is 222 g/mol. The van der Waals surface area contributed by atoms with E-state index < -0.39 is 0 Å². The molecule has 1 aliphatic rings. The van der Waals surface area contributed by atoms with Crippen LogP contribution in [0.4, 0.5) is 11.4 Å². The minimum absolute atomic E-state index is 0.0119. The number of nitrogens with two attached hydrogens (primary N) is 1. The first-order chi connectivity index (χ1) is 7.74. The number of ether oxygens (including phenoxy) is 1. The molecule has 0 aromatic heterocycles. The number of aryl methyl sites for hydroxylation is 1. The molecule has 4 heteroatoms. The van der Waals surface area contributed by atoms with E-state index in [1.807, 2.05) is 25.1 Å². The van der Waals surface area contributed by atoms with Crippen molar-refractivity contribution in [2.24, 2.45) is 0 Å². The van der Waals surface area contributed by atoms with Crippen LogP contribution in [0.1, 0.15) is 5.56 Å². The molecule has 1 fully saturated rings. The molecule has 0 spiro atoms. The summed E-state index contributed by atoms with van der Waals surface area (Å²) < 4.78 is 5.35. The molecule has 0 bridgehead atoms. The summed E-state index contributed by atoms with van der Waals surface area (Å²) in [5, 5.41) is 9.32. The Labute approximate surface area is 95.6 Å². The molecule has 1 heterocycles. The van der Waals surface area contributed by atoms with Crippen molar-refractivity contribution < 1.29 is 9.84 Å². The van der Waals surface area contributed by atoms with Crippen molar-refractivity contribution in [3.63, 3.8) is 0 Å². The van der Waals surface area contributed by atoms with Crippen molar-refractivity contribution >= 4 is 11.4 Å². The molecule has 1 aromatic carbocycles. The highest BCUT2D eigenvalue weighted by molar-refractivity contribution is 5.71. The highest BCUT2D eigenvalue weighted by Crippen LogP contribution is 2.28. The number of hydrogen-bond donors (Lipinski definition) is 2. The second-order valence-electron chi connectivity index (χ2n) is 4.11. The summed E-state index contributed by atoms with van der Waals surface area (Å²) in [7, 11) is 0. The van der Waals surface area contributed by atoms with Crippen LogP contribution in [0.2, 0.25) is 0 Å². The molecule has 16 heavy (non-hydrogen) atoms. The summed E-state index contributed by atoms with van der Waals surface area (Å²) in [5.41, 5.74) is 8.93. The molecular formula is C12H18N2O2. The zero-order valence-corrected chi connectivity index (χ0v) is 9.52. The quantitative estimate of drug-likeness (QED) is 0.726. The van der Waals surface area contributed by atoms with Crippen molar-refractivity contribution in [1.29, 1.82) is 0 Å². The van der Waals surface area contributed by atoms with Gasteiger partial charge in [0.25, 0.3) is 0 Å². The number of rotatable bonds is 2. The summed E-state index contributed by atoms with van der Waals surface area (Å²) in [4.78, 5) is 2.13. The Kier molecular flexibility index (Phi) is 3.31. The van der Waals surface area contributed by atoms with Crippen molar-refractivity contribution in [2.45, 2.75) is 13.0 Å². The summed E-state index contributed by atoms with van der Waals surface area (Å²) >= 11 is 0. The molecule has 0 amide bonds. The predicted molar refractivity (Wildman–Crippen MR) is 64.6 cm³/mol. The van der Waals surface area contributed by atoms with Crippen LogP contribution in [0.15, 0.2) is 18.2 Å². The first-order valence-electron chi connectivity index (χ1n) is 5.54. The van der Waals surface area contributed by atoms with Gasteiger partial charge in [-0.05, 0) is 18.6 Å². The van der Waals surface area contributed by atoms with E-state index >= 15 is 0 Å². The normalized spacial score (nSPS) is 21.1. The van der Waals surface area contributed by atoms with Crippen LogP contribution in [0, 0.1) is 6.92 Å². The molecule has 0 radical (unpaired) electrons. The molecule has 1 aliphatic heterocycles. The third-order valence-electron chi connectivity index (χ3n) is 3.05. The van der Waals surface area contributed by atoms with Gasteiger partial charge in [-0.15, -0.1) is 0 Å². The van der Waals surface area contributed by atoms with Gasteiger partial charge < -0.3 is 20.5 Å². The lowest BCUT2D eigenvalue weighted by molar-refractivity contribution is 0.0728. The van der Waals surface area contributed by atoms with Crippen LogP contribution < -0.4 is 10.6 Å². The van der Waals surface area contributed by atoms with Crippen molar-refractivity contribution in [3.05, 3.63) is 23.8 Å². The smallest absolute Gasteiger partial charge is 0.0756 e. The number of nitrogens with zero attached hydrogens (tertiary/aromatic N) is 1. The Balaban J connectivity index is 2.30. The Morgan fingerprint density at radius 3 is 3.12 bits per heavy atom. The number of aliphatic hydroxyl groups excluding tert-OH is 1. The predicted octanol–water partition coefficient (Wildman–Crippen LogP) is 0.775. The Morgan fingerprint density at radius 1 is 1.56 bits per heavy atom. The molecule has 4 nitrogen and oxygen atoms in total. The molecule has 2 rings (SSSR count). The Morgan fingerprint density at radius 2 is 2.38 bits per heavy atom. The van der Waals surface area contributed by atoms with Crippen LogP contribution in [0.3, 0.4) is 0 Å². The first kappa shape index (κ1) is 11.2. The first-order valence-corrected chi connectivity index (χ1v) is 5.54. The highest BCUT2D eigenvalue weighted by atomic mass is 16.5. The molecule has 1 aromatic rings. The van der Waals surface area contributed by atoms with E-state index in [1.165, 1.54) is 0 Å². The lowest BCUT2D eigenvalue weighted by atomic mass is 10.1. The van der Waals surface area contributed by atoms with E-state index in [2.05, 4.69) is 4.90 Å². The minimum Gasteiger partial charge on any atom is -0.397 e. The molecule has 0 aliphatic carbocycles. The van der Waals surface area contributed by atoms with Gasteiger partial charge in [0.2, 0.25) is 0 Å². The van der Waals surface area contributed by atoms with Crippen LogP contribution in [-0.4, -0.2) is 37.5 Å². The SMILES string of the molecule is Cc1cccc(N2CCOCC2CO)c1N. The number of nitrogen functional groups attached to an aromatic ring is 1. The number of hydrogen-bond acceptors (Lipinski definition) is 4. The van der Waals surface area contributed by atoms with Gasteiger partial charge in [0.15, 0.2) is 0 Å².